The summed E-state index contributed by atoms with van der Waals surface area (Å²) in [6.45, 7) is 2.66. The highest BCUT2D eigenvalue weighted by molar-refractivity contribution is 7.15. The van der Waals surface area contributed by atoms with Crippen LogP contribution in [0.4, 0.5) is 10.8 Å². The Morgan fingerprint density at radius 1 is 1.09 bits per heavy atom. The summed E-state index contributed by atoms with van der Waals surface area (Å²) in [5.41, 5.74) is 2.92. The summed E-state index contributed by atoms with van der Waals surface area (Å²) in [6, 6.07) is 13.4. The number of methoxy groups -OCH3 is 2. The van der Waals surface area contributed by atoms with Crippen LogP contribution in [-0.2, 0) is 22.4 Å². The molecule has 8 nitrogen and oxygen atoms in total. The molecule has 1 aliphatic rings. The third kappa shape index (κ3) is 5.14. The second-order valence-corrected chi connectivity index (χ2v) is 8.79. The van der Waals surface area contributed by atoms with Crippen molar-refractivity contribution in [2.75, 3.05) is 31.0 Å². The molecule has 0 radical (unpaired) electrons. The molecule has 1 aromatic heterocycles. The van der Waals surface area contributed by atoms with Crippen LogP contribution in [-0.4, -0.2) is 42.8 Å². The minimum absolute atomic E-state index is 0.0441. The molecule has 1 unspecified atom stereocenters. The Morgan fingerprint density at radius 2 is 1.82 bits per heavy atom. The van der Waals surface area contributed by atoms with E-state index in [0.717, 1.165) is 22.7 Å². The van der Waals surface area contributed by atoms with E-state index in [-0.39, 0.29) is 24.2 Å². The van der Waals surface area contributed by atoms with Gasteiger partial charge in [-0.15, -0.1) is 10.2 Å². The van der Waals surface area contributed by atoms with Crippen molar-refractivity contribution in [2.24, 2.45) is 0 Å². The van der Waals surface area contributed by atoms with Gasteiger partial charge in [0.25, 0.3) is 0 Å². The number of rotatable bonds is 8. The van der Waals surface area contributed by atoms with Gasteiger partial charge in [0.15, 0.2) is 11.5 Å². The van der Waals surface area contributed by atoms with Crippen molar-refractivity contribution in [1.82, 2.24) is 10.2 Å². The molecule has 0 spiro atoms. The van der Waals surface area contributed by atoms with E-state index in [0.29, 0.717) is 29.6 Å². The van der Waals surface area contributed by atoms with Gasteiger partial charge in [-0.3, -0.25) is 9.59 Å². The van der Waals surface area contributed by atoms with Crippen molar-refractivity contribution in [2.45, 2.75) is 32.1 Å². The lowest BCUT2D eigenvalue weighted by atomic mass is 10.1. The predicted octanol–water partition coefficient (Wildman–Crippen LogP) is 3.82. The molecule has 3 aromatic rings. The smallest absolute Gasteiger partial charge is 0.230 e. The minimum atomic E-state index is -0.204. The molecular formula is C24H26N4O4S. The number of hydrogen-bond acceptors (Lipinski definition) is 7. The number of carbonyl (C=O) groups is 2. The summed E-state index contributed by atoms with van der Waals surface area (Å²) < 4.78 is 10.5. The Balaban J connectivity index is 1.37. The van der Waals surface area contributed by atoms with Crippen LogP contribution in [0.5, 0.6) is 11.5 Å². The highest BCUT2D eigenvalue weighted by Crippen LogP contribution is 2.34. The van der Waals surface area contributed by atoms with E-state index >= 15 is 0 Å². The fourth-order valence-electron chi connectivity index (χ4n) is 3.82. The van der Waals surface area contributed by atoms with E-state index in [1.165, 1.54) is 16.9 Å². The zero-order valence-corrected chi connectivity index (χ0v) is 19.6. The van der Waals surface area contributed by atoms with Crippen LogP contribution in [0.2, 0.25) is 0 Å². The van der Waals surface area contributed by atoms with Gasteiger partial charge in [0.2, 0.25) is 16.9 Å². The molecule has 33 heavy (non-hydrogen) atoms. The van der Waals surface area contributed by atoms with Crippen LogP contribution in [0.1, 0.15) is 35.4 Å². The maximum atomic E-state index is 12.6. The number of aryl methyl sites for hydroxylation is 1. The molecule has 2 amide bonds. The number of aromatic nitrogens is 2. The summed E-state index contributed by atoms with van der Waals surface area (Å²) in [5.74, 6) is 0.999. The second-order valence-electron chi connectivity index (χ2n) is 7.79. The van der Waals surface area contributed by atoms with E-state index in [9.17, 15) is 9.59 Å². The van der Waals surface area contributed by atoms with Gasteiger partial charge in [0.1, 0.15) is 5.01 Å². The van der Waals surface area contributed by atoms with Crippen LogP contribution >= 0.6 is 11.3 Å². The number of carbonyl (C=O) groups excluding carboxylic acids is 2. The Morgan fingerprint density at radius 3 is 2.52 bits per heavy atom. The predicted molar refractivity (Wildman–Crippen MR) is 127 cm³/mol. The first-order valence-electron chi connectivity index (χ1n) is 10.7. The fourth-order valence-corrected chi connectivity index (χ4v) is 4.67. The van der Waals surface area contributed by atoms with E-state index in [2.05, 4.69) is 22.4 Å². The monoisotopic (exact) mass is 466 g/mol. The molecular weight excluding hydrogens is 440 g/mol. The number of nitrogens with zero attached hydrogens (tertiary/aromatic N) is 3. The Hall–Kier alpha value is -3.46. The minimum Gasteiger partial charge on any atom is -0.493 e. The highest BCUT2D eigenvalue weighted by atomic mass is 32.1. The summed E-state index contributed by atoms with van der Waals surface area (Å²) in [5, 5.41) is 12.3. The first-order chi connectivity index (χ1) is 16.0. The van der Waals surface area contributed by atoms with Crippen LogP contribution < -0.4 is 19.7 Å². The first kappa shape index (κ1) is 22.7. The lowest BCUT2D eigenvalue weighted by Gasteiger charge is -2.16. The summed E-state index contributed by atoms with van der Waals surface area (Å²) in [7, 11) is 3.12. The Labute approximate surface area is 196 Å². The average molecular weight is 467 g/mol. The maximum absolute atomic E-state index is 12.6. The average Bonchev–Trinajstić information content (AvgIpc) is 3.45. The number of amides is 2. The lowest BCUT2D eigenvalue weighted by molar-refractivity contribution is -0.117. The van der Waals surface area contributed by atoms with Crippen LogP contribution in [0, 0.1) is 0 Å². The topological polar surface area (TPSA) is 93.7 Å². The molecule has 1 N–H and O–H groups in total. The number of hydrogen-bond donors (Lipinski definition) is 1. The quantitative estimate of drug-likeness (QED) is 0.543. The van der Waals surface area contributed by atoms with Gasteiger partial charge in [0.05, 0.1) is 20.6 Å². The summed E-state index contributed by atoms with van der Waals surface area (Å²) >= 11 is 1.31. The molecule has 172 valence electrons. The van der Waals surface area contributed by atoms with Crippen molar-refractivity contribution in [3.8, 4) is 11.5 Å². The van der Waals surface area contributed by atoms with E-state index in [4.69, 9.17) is 9.47 Å². The Bertz CT molecular complexity index is 1150. The van der Waals surface area contributed by atoms with Gasteiger partial charge >= 0.3 is 0 Å². The molecule has 2 aromatic carbocycles. The second kappa shape index (κ2) is 9.99. The number of ether oxygens (including phenoxy) is 2. The molecule has 1 fully saturated rings. The molecule has 1 atom stereocenters. The van der Waals surface area contributed by atoms with E-state index in [1.807, 2.05) is 30.3 Å². The van der Waals surface area contributed by atoms with Crippen molar-refractivity contribution in [3.05, 3.63) is 58.6 Å². The highest BCUT2D eigenvalue weighted by Gasteiger charge is 2.34. The van der Waals surface area contributed by atoms with Gasteiger partial charge in [0, 0.05) is 24.6 Å². The summed E-state index contributed by atoms with van der Waals surface area (Å²) in [6.07, 6.45) is 1.50. The van der Waals surface area contributed by atoms with Crippen LogP contribution in [0.3, 0.4) is 0 Å². The molecule has 1 aliphatic heterocycles. The van der Waals surface area contributed by atoms with Crippen molar-refractivity contribution < 1.29 is 19.1 Å². The lowest BCUT2D eigenvalue weighted by Crippen LogP contribution is -2.24. The SMILES string of the molecule is CCc1ccc(N2CC(c3nnc(NC(=O)Cc4ccc(OC)c(OC)c4)s3)CC2=O)cc1. The van der Waals surface area contributed by atoms with Gasteiger partial charge in [-0.2, -0.15) is 0 Å². The fraction of sp³-hybridized carbons (Fsp3) is 0.333. The first-order valence-corrected chi connectivity index (χ1v) is 11.6. The Kier molecular flexibility index (Phi) is 6.88. The summed E-state index contributed by atoms with van der Waals surface area (Å²) in [4.78, 5) is 26.9. The van der Waals surface area contributed by atoms with Gasteiger partial charge in [-0.1, -0.05) is 36.5 Å². The standard InChI is InChI=1S/C24H26N4O4S/c1-4-15-5-8-18(9-6-15)28-14-17(13-22(28)30)23-26-27-24(33-23)25-21(29)12-16-7-10-19(31-2)20(11-16)32-3/h5-11,17H,4,12-14H2,1-3H3,(H,25,27,29). The molecule has 4 rings (SSSR count). The van der Waals surface area contributed by atoms with Crippen molar-refractivity contribution >= 4 is 34.0 Å². The van der Waals surface area contributed by atoms with Crippen LogP contribution in [0.25, 0.3) is 0 Å². The molecule has 0 bridgehead atoms. The largest absolute Gasteiger partial charge is 0.493 e. The molecule has 0 saturated carbocycles. The zero-order chi connectivity index (χ0) is 23.4. The van der Waals surface area contributed by atoms with Gasteiger partial charge < -0.3 is 19.7 Å². The third-order valence-electron chi connectivity index (χ3n) is 5.63. The molecule has 9 heteroatoms. The normalized spacial score (nSPS) is 15.5. The van der Waals surface area contributed by atoms with E-state index in [1.54, 1.807) is 31.3 Å². The molecule has 2 heterocycles. The number of benzene rings is 2. The van der Waals surface area contributed by atoms with Crippen molar-refractivity contribution in [3.63, 3.8) is 0 Å². The molecule has 1 saturated heterocycles. The number of anilines is 2. The van der Waals surface area contributed by atoms with Crippen molar-refractivity contribution in [1.29, 1.82) is 0 Å². The van der Waals surface area contributed by atoms with Gasteiger partial charge in [-0.25, -0.2) is 0 Å². The zero-order valence-electron chi connectivity index (χ0n) is 18.8. The maximum Gasteiger partial charge on any atom is 0.230 e. The van der Waals surface area contributed by atoms with Crippen LogP contribution in [0.15, 0.2) is 42.5 Å². The molecule has 0 aliphatic carbocycles. The van der Waals surface area contributed by atoms with E-state index < -0.39 is 0 Å². The number of nitrogens with one attached hydrogen (secondary N) is 1. The third-order valence-corrected chi connectivity index (χ3v) is 6.63. The van der Waals surface area contributed by atoms with Gasteiger partial charge in [-0.05, 0) is 41.8 Å².